The number of piperidine rings is 1. The molecule has 0 spiro atoms. The van der Waals surface area contributed by atoms with Crippen molar-refractivity contribution in [3.63, 3.8) is 0 Å². The van der Waals surface area contributed by atoms with Gasteiger partial charge >= 0.3 is 0 Å². The Hall–Kier alpha value is -1.10. The van der Waals surface area contributed by atoms with Crippen molar-refractivity contribution in [2.75, 3.05) is 71.7 Å². The number of hydrogen-bond donors (Lipinski definition) is 1. The van der Waals surface area contributed by atoms with E-state index >= 15 is 0 Å². The summed E-state index contributed by atoms with van der Waals surface area (Å²) in [6, 6.07) is 8.62. The molecule has 8 heteroatoms. The normalized spacial score (nSPS) is 18.3. The lowest BCUT2D eigenvalue weighted by atomic mass is 10.1. The Morgan fingerprint density at radius 2 is 1.87 bits per heavy atom. The molecular weight excluding hydrogens is 495 g/mol. The number of aliphatic imine (C=N–C) groups is 1. The Bertz CT molecular complexity index is 633. The molecule has 0 bridgehead atoms. The number of likely N-dealkylation sites (tertiary alicyclic amines) is 1. The van der Waals surface area contributed by atoms with Gasteiger partial charge in [-0.3, -0.25) is 4.99 Å². The number of ether oxygens (including phenoxy) is 3. The zero-order chi connectivity index (χ0) is 20.3. The molecule has 2 aliphatic heterocycles. The lowest BCUT2D eigenvalue weighted by molar-refractivity contribution is 0.00989. The van der Waals surface area contributed by atoms with Crippen molar-refractivity contribution in [3.05, 3.63) is 29.8 Å². The Balaban J connectivity index is 0.00000320. The molecule has 0 aliphatic carbocycles. The summed E-state index contributed by atoms with van der Waals surface area (Å²) in [6.07, 6.45) is 3.39. The number of halogens is 1. The van der Waals surface area contributed by atoms with Crippen LogP contribution in [0.4, 0.5) is 5.69 Å². The van der Waals surface area contributed by atoms with Gasteiger partial charge in [-0.15, -0.1) is 24.0 Å². The van der Waals surface area contributed by atoms with Gasteiger partial charge in [0.05, 0.1) is 19.3 Å². The van der Waals surface area contributed by atoms with E-state index < -0.39 is 0 Å². The van der Waals surface area contributed by atoms with Gasteiger partial charge < -0.3 is 29.3 Å². The minimum Gasteiger partial charge on any atom is -0.385 e. The van der Waals surface area contributed by atoms with Gasteiger partial charge in [0.2, 0.25) is 0 Å². The third-order valence-electron chi connectivity index (χ3n) is 5.58. The van der Waals surface area contributed by atoms with E-state index in [1.165, 1.54) is 11.3 Å². The summed E-state index contributed by atoms with van der Waals surface area (Å²) in [5, 5.41) is 3.57. The summed E-state index contributed by atoms with van der Waals surface area (Å²) in [6.45, 7) is 7.75. The van der Waals surface area contributed by atoms with Crippen LogP contribution in [0.1, 0.15) is 24.8 Å². The van der Waals surface area contributed by atoms with Crippen LogP contribution in [-0.4, -0.2) is 83.7 Å². The molecule has 2 heterocycles. The maximum absolute atomic E-state index is 5.98. The van der Waals surface area contributed by atoms with Gasteiger partial charge in [-0.25, -0.2) is 0 Å². The SMILES string of the molecule is CN=C(NCc1ccccc1N1CCOCC1)N1CCC(OCCCOC)CC1.I. The number of nitrogens with zero attached hydrogens (tertiary/aromatic N) is 3. The highest BCUT2D eigenvalue weighted by molar-refractivity contribution is 14.0. The molecule has 1 aromatic rings. The van der Waals surface area contributed by atoms with E-state index in [1.807, 2.05) is 7.05 Å². The van der Waals surface area contributed by atoms with Gasteiger partial charge in [0.15, 0.2) is 5.96 Å². The second-order valence-electron chi connectivity index (χ2n) is 7.53. The number of benzene rings is 1. The summed E-state index contributed by atoms with van der Waals surface area (Å²) in [7, 11) is 3.60. The minimum absolute atomic E-state index is 0. The van der Waals surface area contributed by atoms with E-state index in [1.54, 1.807) is 7.11 Å². The van der Waals surface area contributed by atoms with E-state index in [4.69, 9.17) is 14.2 Å². The summed E-state index contributed by atoms with van der Waals surface area (Å²) < 4.78 is 16.6. The van der Waals surface area contributed by atoms with Gasteiger partial charge in [0, 0.05) is 65.8 Å². The average Bonchev–Trinajstić information content (AvgIpc) is 2.79. The molecule has 3 rings (SSSR count). The van der Waals surface area contributed by atoms with Crippen LogP contribution in [0.3, 0.4) is 0 Å². The standard InChI is InChI=1S/C22H36N4O3.HI/c1-23-22(26-10-8-20(9-11-26)29-15-5-14-27-2)24-18-19-6-3-4-7-21(19)25-12-16-28-17-13-25;/h3-4,6-7,20H,5,8-18H2,1-2H3,(H,23,24);1H. The zero-order valence-corrected chi connectivity index (χ0v) is 20.7. The smallest absolute Gasteiger partial charge is 0.193 e. The first-order valence-electron chi connectivity index (χ1n) is 10.8. The average molecular weight is 532 g/mol. The van der Waals surface area contributed by atoms with Gasteiger partial charge in [0.1, 0.15) is 0 Å². The van der Waals surface area contributed by atoms with Crippen LogP contribution in [0.15, 0.2) is 29.3 Å². The number of guanidine groups is 1. The van der Waals surface area contributed by atoms with E-state index in [0.29, 0.717) is 6.10 Å². The van der Waals surface area contributed by atoms with Crippen molar-refractivity contribution in [1.82, 2.24) is 10.2 Å². The van der Waals surface area contributed by atoms with Crippen LogP contribution in [0.5, 0.6) is 0 Å². The molecule has 1 N–H and O–H groups in total. The number of hydrogen-bond acceptors (Lipinski definition) is 5. The molecule has 1 aromatic carbocycles. The maximum atomic E-state index is 5.98. The van der Waals surface area contributed by atoms with Crippen molar-refractivity contribution < 1.29 is 14.2 Å². The van der Waals surface area contributed by atoms with E-state index in [0.717, 1.165) is 84.4 Å². The minimum atomic E-state index is 0. The number of nitrogens with one attached hydrogen (secondary N) is 1. The van der Waals surface area contributed by atoms with Crippen molar-refractivity contribution in [2.45, 2.75) is 31.9 Å². The van der Waals surface area contributed by atoms with Crippen LogP contribution < -0.4 is 10.2 Å². The second-order valence-corrected chi connectivity index (χ2v) is 7.53. The van der Waals surface area contributed by atoms with E-state index in [2.05, 4.69) is 44.4 Å². The van der Waals surface area contributed by atoms with Crippen molar-refractivity contribution in [1.29, 1.82) is 0 Å². The quantitative estimate of drug-likeness (QED) is 0.241. The maximum Gasteiger partial charge on any atom is 0.193 e. The molecule has 2 fully saturated rings. The van der Waals surface area contributed by atoms with Gasteiger partial charge in [-0.05, 0) is 30.9 Å². The van der Waals surface area contributed by atoms with Crippen LogP contribution in [0.25, 0.3) is 0 Å². The number of morpholine rings is 1. The highest BCUT2D eigenvalue weighted by atomic mass is 127. The Labute approximate surface area is 198 Å². The predicted octanol–water partition coefficient (Wildman–Crippen LogP) is 2.73. The highest BCUT2D eigenvalue weighted by Crippen LogP contribution is 2.21. The lowest BCUT2D eigenvalue weighted by Gasteiger charge is -2.34. The van der Waals surface area contributed by atoms with Crippen LogP contribution in [0, 0.1) is 0 Å². The first kappa shape index (κ1) is 25.2. The highest BCUT2D eigenvalue weighted by Gasteiger charge is 2.22. The molecule has 170 valence electrons. The number of para-hydroxylation sites is 1. The van der Waals surface area contributed by atoms with Crippen LogP contribution in [0.2, 0.25) is 0 Å². The van der Waals surface area contributed by atoms with Crippen molar-refractivity contribution >= 4 is 35.6 Å². The number of anilines is 1. The molecule has 0 radical (unpaired) electrons. The summed E-state index contributed by atoms with van der Waals surface area (Å²) in [5.74, 6) is 0.972. The van der Waals surface area contributed by atoms with Gasteiger partial charge in [-0.1, -0.05) is 18.2 Å². The molecule has 0 saturated carbocycles. The first-order chi connectivity index (χ1) is 14.3. The lowest BCUT2D eigenvalue weighted by Crippen LogP contribution is -2.47. The van der Waals surface area contributed by atoms with E-state index in [-0.39, 0.29) is 24.0 Å². The Kier molecular flexibility index (Phi) is 11.8. The monoisotopic (exact) mass is 532 g/mol. The number of rotatable bonds is 8. The molecule has 0 aromatic heterocycles. The molecule has 0 amide bonds. The molecule has 2 saturated heterocycles. The molecule has 7 nitrogen and oxygen atoms in total. The zero-order valence-electron chi connectivity index (χ0n) is 18.3. The van der Waals surface area contributed by atoms with Crippen LogP contribution in [-0.2, 0) is 20.8 Å². The Morgan fingerprint density at radius 3 is 2.57 bits per heavy atom. The van der Waals surface area contributed by atoms with Gasteiger partial charge in [-0.2, -0.15) is 0 Å². The molecule has 0 unspecified atom stereocenters. The third-order valence-corrected chi connectivity index (χ3v) is 5.58. The van der Waals surface area contributed by atoms with Crippen molar-refractivity contribution in [3.8, 4) is 0 Å². The number of methoxy groups -OCH3 is 1. The van der Waals surface area contributed by atoms with Crippen molar-refractivity contribution in [2.24, 2.45) is 4.99 Å². The molecule has 0 atom stereocenters. The summed E-state index contributed by atoms with van der Waals surface area (Å²) in [5.41, 5.74) is 2.59. The molecule has 2 aliphatic rings. The molecular formula is C22H37IN4O3. The summed E-state index contributed by atoms with van der Waals surface area (Å²) in [4.78, 5) is 9.27. The second kappa shape index (κ2) is 14.1. The largest absolute Gasteiger partial charge is 0.385 e. The van der Waals surface area contributed by atoms with Crippen LogP contribution >= 0.6 is 24.0 Å². The fourth-order valence-corrected chi connectivity index (χ4v) is 3.97. The first-order valence-corrected chi connectivity index (χ1v) is 10.8. The topological polar surface area (TPSA) is 58.6 Å². The fraction of sp³-hybridized carbons (Fsp3) is 0.682. The Morgan fingerprint density at radius 1 is 1.13 bits per heavy atom. The fourth-order valence-electron chi connectivity index (χ4n) is 3.97. The predicted molar refractivity (Wildman–Crippen MR) is 132 cm³/mol. The summed E-state index contributed by atoms with van der Waals surface area (Å²) >= 11 is 0. The van der Waals surface area contributed by atoms with Gasteiger partial charge in [0.25, 0.3) is 0 Å². The third kappa shape index (κ3) is 7.55. The van der Waals surface area contributed by atoms with E-state index in [9.17, 15) is 0 Å². The molecule has 30 heavy (non-hydrogen) atoms.